The molecule has 152 valence electrons. The summed E-state index contributed by atoms with van der Waals surface area (Å²) in [6.45, 7) is 0. The van der Waals surface area contributed by atoms with Crippen LogP contribution in [0.3, 0.4) is 0 Å². The standard InChI is InChI=1S/C21H17ClN4O3S/c1-25(2)21(27)15-10-8-14(9-11-15)18-12-17-19(22)23-13-24-20(17)26(18)30(28,29)16-6-4-3-5-7-16/h3-13H,1-2H3. The van der Waals surface area contributed by atoms with Gasteiger partial charge >= 0.3 is 0 Å². The van der Waals surface area contributed by atoms with E-state index in [1.165, 1.54) is 23.4 Å². The third kappa shape index (κ3) is 3.34. The highest BCUT2D eigenvalue weighted by Crippen LogP contribution is 2.33. The number of carbonyl (C=O) groups is 1. The first kappa shape index (κ1) is 20.1. The van der Waals surface area contributed by atoms with Gasteiger partial charge in [0.2, 0.25) is 0 Å². The molecule has 0 saturated heterocycles. The molecule has 0 unspecified atom stereocenters. The van der Waals surface area contributed by atoms with E-state index in [1.807, 2.05) is 0 Å². The summed E-state index contributed by atoms with van der Waals surface area (Å²) in [5.41, 5.74) is 1.65. The number of carbonyl (C=O) groups excluding carboxylic acids is 1. The molecule has 2 aromatic heterocycles. The van der Waals surface area contributed by atoms with Crippen LogP contribution in [0.2, 0.25) is 5.15 Å². The third-order valence-electron chi connectivity index (χ3n) is 4.62. The predicted molar refractivity (Wildman–Crippen MR) is 115 cm³/mol. The molecular formula is C21H17ClN4O3S. The molecule has 0 aliphatic heterocycles. The van der Waals surface area contributed by atoms with Gasteiger partial charge in [0.1, 0.15) is 11.5 Å². The molecule has 0 N–H and O–H groups in total. The second-order valence-electron chi connectivity index (χ2n) is 6.79. The minimum absolute atomic E-state index is 0.123. The van der Waals surface area contributed by atoms with Crippen LogP contribution >= 0.6 is 11.6 Å². The van der Waals surface area contributed by atoms with Gasteiger partial charge in [0.15, 0.2) is 5.65 Å². The van der Waals surface area contributed by atoms with Crippen molar-refractivity contribution in [3.8, 4) is 11.3 Å². The number of aromatic nitrogens is 3. The van der Waals surface area contributed by atoms with Crippen molar-refractivity contribution in [3.63, 3.8) is 0 Å². The van der Waals surface area contributed by atoms with E-state index in [-0.39, 0.29) is 21.6 Å². The SMILES string of the molecule is CN(C)C(=O)c1ccc(-c2cc3c(Cl)ncnc3n2S(=O)(=O)c2ccccc2)cc1. The highest BCUT2D eigenvalue weighted by atomic mass is 35.5. The summed E-state index contributed by atoms with van der Waals surface area (Å²) >= 11 is 6.22. The summed E-state index contributed by atoms with van der Waals surface area (Å²) in [4.78, 5) is 21.9. The van der Waals surface area contributed by atoms with Crippen molar-refractivity contribution >= 4 is 38.6 Å². The van der Waals surface area contributed by atoms with Gasteiger partial charge in [-0.05, 0) is 35.9 Å². The van der Waals surface area contributed by atoms with Gasteiger partial charge < -0.3 is 4.90 Å². The van der Waals surface area contributed by atoms with Crippen molar-refractivity contribution in [1.29, 1.82) is 0 Å². The maximum absolute atomic E-state index is 13.5. The molecule has 0 aliphatic carbocycles. The van der Waals surface area contributed by atoms with Crippen LogP contribution in [-0.4, -0.2) is 47.3 Å². The van der Waals surface area contributed by atoms with Crippen LogP contribution in [0.15, 0.2) is 71.9 Å². The van der Waals surface area contributed by atoms with E-state index in [4.69, 9.17) is 11.6 Å². The molecule has 0 spiro atoms. The highest BCUT2D eigenvalue weighted by molar-refractivity contribution is 7.90. The number of amides is 1. The molecule has 7 nitrogen and oxygen atoms in total. The molecule has 0 radical (unpaired) electrons. The van der Waals surface area contributed by atoms with E-state index >= 15 is 0 Å². The Morgan fingerprint density at radius 3 is 2.30 bits per heavy atom. The summed E-state index contributed by atoms with van der Waals surface area (Å²) in [6.07, 6.45) is 1.23. The summed E-state index contributed by atoms with van der Waals surface area (Å²) in [5.74, 6) is -0.145. The van der Waals surface area contributed by atoms with E-state index in [0.29, 0.717) is 22.2 Å². The Bertz CT molecular complexity index is 1350. The first-order chi connectivity index (χ1) is 14.3. The van der Waals surface area contributed by atoms with Gasteiger partial charge in [-0.3, -0.25) is 4.79 Å². The molecule has 2 heterocycles. The molecule has 4 aromatic rings. The first-order valence-electron chi connectivity index (χ1n) is 8.95. The van der Waals surface area contributed by atoms with Crippen molar-refractivity contribution in [2.45, 2.75) is 4.90 Å². The van der Waals surface area contributed by atoms with Gasteiger partial charge in [0.05, 0.1) is 16.0 Å². The molecule has 2 aromatic carbocycles. The zero-order valence-electron chi connectivity index (χ0n) is 16.2. The Morgan fingerprint density at radius 1 is 1.00 bits per heavy atom. The fourth-order valence-corrected chi connectivity index (χ4v) is 4.83. The molecular weight excluding hydrogens is 424 g/mol. The minimum atomic E-state index is -3.97. The maximum atomic E-state index is 13.5. The quantitative estimate of drug-likeness (QED) is 0.452. The van der Waals surface area contributed by atoms with Crippen molar-refractivity contribution in [3.05, 3.63) is 77.7 Å². The number of hydrogen-bond acceptors (Lipinski definition) is 5. The van der Waals surface area contributed by atoms with E-state index in [0.717, 1.165) is 3.97 Å². The Kier molecular flexibility index (Phi) is 5.05. The fraction of sp³-hybridized carbons (Fsp3) is 0.0952. The van der Waals surface area contributed by atoms with Gasteiger partial charge in [-0.15, -0.1) is 0 Å². The monoisotopic (exact) mass is 440 g/mol. The number of nitrogens with zero attached hydrogens (tertiary/aromatic N) is 4. The van der Waals surface area contributed by atoms with E-state index in [9.17, 15) is 13.2 Å². The van der Waals surface area contributed by atoms with Crippen LogP contribution in [0.25, 0.3) is 22.3 Å². The topological polar surface area (TPSA) is 85.2 Å². The lowest BCUT2D eigenvalue weighted by Crippen LogP contribution is -2.21. The van der Waals surface area contributed by atoms with Crippen molar-refractivity contribution in [2.75, 3.05) is 14.1 Å². The number of benzene rings is 2. The van der Waals surface area contributed by atoms with Crippen LogP contribution in [0.5, 0.6) is 0 Å². The van der Waals surface area contributed by atoms with Gasteiger partial charge in [-0.25, -0.2) is 22.4 Å². The predicted octanol–water partition coefficient (Wildman–Crippen LogP) is 3.69. The van der Waals surface area contributed by atoms with Crippen LogP contribution in [0, 0.1) is 0 Å². The molecule has 1 amide bonds. The zero-order chi connectivity index (χ0) is 21.5. The molecule has 0 atom stereocenters. The zero-order valence-corrected chi connectivity index (χ0v) is 17.7. The minimum Gasteiger partial charge on any atom is -0.345 e. The van der Waals surface area contributed by atoms with Crippen LogP contribution in [0.4, 0.5) is 0 Å². The molecule has 0 saturated carbocycles. The molecule has 0 aliphatic rings. The average molecular weight is 441 g/mol. The Labute approximate surface area is 178 Å². The van der Waals surface area contributed by atoms with Crippen molar-refractivity contribution in [2.24, 2.45) is 0 Å². The Balaban J connectivity index is 1.96. The van der Waals surface area contributed by atoms with Crippen molar-refractivity contribution in [1.82, 2.24) is 18.8 Å². The average Bonchev–Trinajstić information content (AvgIpc) is 3.16. The van der Waals surface area contributed by atoms with E-state index < -0.39 is 10.0 Å². The maximum Gasteiger partial charge on any atom is 0.269 e. The molecule has 4 rings (SSSR count). The summed E-state index contributed by atoms with van der Waals surface area (Å²) in [6, 6.07) is 16.4. The largest absolute Gasteiger partial charge is 0.345 e. The van der Waals surface area contributed by atoms with Gasteiger partial charge in [0, 0.05) is 19.7 Å². The summed E-state index contributed by atoms with van der Waals surface area (Å²) in [7, 11) is -0.629. The fourth-order valence-electron chi connectivity index (χ4n) is 3.14. The van der Waals surface area contributed by atoms with Crippen LogP contribution in [0.1, 0.15) is 10.4 Å². The lowest BCUT2D eigenvalue weighted by Gasteiger charge is -2.13. The summed E-state index contributed by atoms with van der Waals surface area (Å²) < 4.78 is 28.1. The lowest BCUT2D eigenvalue weighted by molar-refractivity contribution is 0.0827. The van der Waals surface area contributed by atoms with Gasteiger partial charge in [-0.1, -0.05) is 41.9 Å². The third-order valence-corrected chi connectivity index (χ3v) is 6.64. The Morgan fingerprint density at radius 2 is 1.67 bits per heavy atom. The number of hydrogen-bond donors (Lipinski definition) is 0. The summed E-state index contributed by atoms with van der Waals surface area (Å²) in [5, 5.41) is 0.574. The Hall–Kier alpha value is -3.23. The molecule has 9 heteroatoms. The highest BCUT2D eigenvalue weighted by Gasteiger charge is 2.26. The van der Waals surface area contributed by atoms with Crippen molar-refractivity contribution < 1.29 is 13.2 Å². The lowest BCUT2D eigenvalue weighted by atomic mass is 10.1. The van der Waals surface area contributed by atoms with Crippen LogP contribution < -0.4 is 0 Å². The number of rotatable bonds is 4. The number of halogens is 1. The smallest absolute Gasteiger partial charge is 0.269 e. The second-order valence-corrected chi connectivity index (χ2v) is 8.94. The van der Waals surface area contributed by atoms with Crippen LogP contribution in [-0.2, 0) is 10.0 Å². The molecule has 0 fully saturated rings. The molecule has 30 heavy (non-hydrogen) atoms. The van der Waals surface area contributed by atoms with Gasteiger partial charge in [0.25, 0.3) is 15.9 Å². The number of fused-ring (bicyclic) bond motifs is 1. The molecule has 0 bridgehead atoms. The van der Waals surface area contributed by atoms with Gasteiger partial charge in [-0.2, -0.15) is 0 Å². The normalized spacial score (nSPS) is 11.6. The van der Waals surface area contributed by atoms with E-state index in [2.05, 4.69) is 9.97 Å². The van der Waals surface area contributed by atoms with E-state index in [1.54, 1.807) is 62.6 Å². The second kappa shape index (κ2) is 7.55. The first-order valence-corrected chi connectivity index (χ1v) is 10.8.